The van der Waals surface area contributed by atoms with Crippen LogP contribution in [0.15, 0.2) is 64.4 Å². The Labute approximate surface area is 232 Å². The number of benzene rings is 1. The first-order chi connectivity index (χ1) is 19.4. The second-order valence-corrected chi connectivity index (χ2v) is 11.8. The molecule has 228 valence electrons. The van der Waals surface area contributed by atoms with E-state index in [1.165, 1.54) is 30.5 Å². The maximum Gasteiger partial charge on any atom is 0.481 e. The quantitative estimate of drug-likeness (QED) is 0.207. The number of rotatable bonds is 9. The largest absolute Gasteiger partial charge is 0.481 e. The Bertz CT molecular complexity index is 1660. The summed E-state index contributed by atoms with van der Waals surface area (Å²) in [4.78, 5) is 56.6. The van der Waals surface area contributed by atoms with Gasteiger partial charge in [-0.25, -0.2) is 13.9 Å². The molecule has 20 heteroatoms. The minimum Gasteiger partial charge on any atom is -0.387 e. The van der Waals surface area contributed by atoms with Gasteiger partial charge in [-0.1, -0.05) is 12.1 Å². The Morgan fingerprint density at radius 2 is 1.64 bits per heavy atom. The number of pyridine rings is 1. The Morgan fingerprint density at radius 3 is 2.26 bits per heavy atom. The van der Waals surface area contributed by atoms with Crippen molar-refractivity contribution in [2.75, 3.05) is 6.61 Å². The van der Waals surface area contributed by atoms with E-state index in [0.717, 1.165) is 29.0 Å². The monoisotopic (exact) mass is 639 g/mol. The van der Waals surface area contributed by atoms with Gasteiger partial charge in [0.1, 0.15) is 18.3 Å². The van der Waals surface area contributed by atoms with Crippen molar-refractivity contribution in [1.29, 1.82) is 0 Å². The van der Waals surface area contributed by atoms with Gasteiger partial charge in [0.15, 0.2) is 6.23 Å². The lowest BCUT2D eigenvalue weighted by Gasteiger charge is -2.19. The fraction of sp³-hybridized carbons (Fsp3) is 0.318. The van der Waals surface area contributed by atoms with Crippen LogP contribution in [0.2, 0.25) is 0 Å². The summed E-state index contributed by atoms with van der Waals surface area (Å²) in [5, 5.41) is 20.7. The number of halogens is 3. The molecule has 0 bridgehead atoms. The lowest BCUT2D eigenvalue weighted by Crippen LogP contribution is -2.43. The zero-order chi connectivity index (χ0) is 31.0. The number of phosphoric acid groups is 2. The molecular weight excluding hydrogens is 617 g/mol. The molecule has 42 heavy (non-hydrogen) atoms. The SMILES string of the molecule is O=c1ccn([C@@H]2O[C@H](COP(=O)(O)OP(=O)(O)O)C(O)C2O)c(=O)n1Cc1cc(-c2ccc(C(F)(F)F)cc2)ccn1. The molecule has 1 aromatic carbocycles. The number of hydrogen-bond acceptors (Lipinski definition) is 10. The molecular formula is C22H22F3N3O12P2. The number of aromatic nitrogens is 3. The van der Waals surface area contributed by atoms with E-state index in [9.17, 15) is 47.0 Å². The van der Waals surface area contributed by atoms with Crippen LogP contribution >= 0.6 is 15.6 Å². The number of aliphatic hydroxyl groups is 2. The molecule has 2 aromatic heterocycles. The molecule has 4 rings (SSSR count). The molecule has 0 spiro atoms. The summed E-state index contributed by atoms with van der Waals surface area (Å²) < 4.78 is 76.0. The summed E-state index contributed by atoms with van der Waals surface area (Å²) in [7, 11) is -10.7. The van der Waals surface area contributed by atoms with Crippen LogP contribution in [0, 0.1) is 0 Å². The minimum atomic E-state index is -5.43. The van der Waals surface area contributed by atoms with Crippen molar-refractivity contribution in [3.63, 3.8) is 0 Å². The van der Waals surface area contributed by atoms with Gasteiger partial charge in [0.05, 0.1) is 24.4 Å². The van der Waals surface area contributed by atoms with Gasteiger partial charge < -0.3 is 29.6 Å². The summed E-state index contributed by atoms with van der Waals surface area (Å²) >= 11 is 0. The van der Waals surface area contributed by atoms with Crippen molar-refractivity contribution in [1.82, 2.24) is 14.1 Å². The highest BCUT2D eigenvalue weighted by Gasteiger charge is 2.46. The Kier molecular flexibility index (Phi) is 9.06. The number of hydrogen-bond donors (Lipinski definition) is 5. The van der Waals surface area contributed by atoms with Crippen molar-refractivity contribution < 1.29 is 60.8 Å². The molecule has 3 unspecified atom stereocenters. The molecule has 5 N–H and O–H groups in total. The van der Waals surface area contributed by atoms with Crippen LogP contribution in [0.1, 0.15) is 17.5 Å². The van der Waals surface area contributed by atoms with Gasteiger partial charge >= 0.3 is 27.5 Å². The molecule has 3 aromatic rings. The lowest BCUT2D eigenvalue weighted by atomic mass is 10.0. The Balaban J connectivity index is 1.54. The van der Waals surface area contributed by atoms with Gasteiger partial charge in [0.25, 0.3) is 5.56 Å². The van der Waals surface area contributed by atoms with Crippen molar-refractivity contribution in [2.24, 2.45) is 0 Å². The molecule has 0 aliphatic carbocycles. The minimum absolute atomic E-state index is 0.173. The maximum atomic E-state index is 13.2. The van der Waals surface area contributed by atoms with E-state index >= 15 is 0 Å². The van der Waals surface area contributed by atoms with E-state index in [4.69, 9.17) is 14.5 Å². The first-order valence-corrected chi connectivity index (χ1v) is 14.7. The highest BCUT2D eigenvalue weighted by atomic mass is 31.3. The van der Waals surface area contributed by atoms with Crippen molar-refractivity contribution in [2.45, 2.75) is 37.3 Å². The van der Waals surface area contributed by atoms with E-state index in [2.05, 4.69) is 13.8 Å². The molecule has 1 saturated heterocycles. The van der Waals surface area contributed by atoms with Crippen molar-refractivity contribution >= 4 is 15.6 Å². The highest BCUT2D eigenvalue weighted by Crippen LogP contribution is 2.57. The Hall–Kier alpha value is -3.02. The average molecular weight is 639 g/mol. The van der Waals surface area contributed by atoms with E-state index in [-0.39, 0.29) is 5.69 Å². The first-order valence-electron chi connectivity index (χ1n) is 11.7. The van der Waals surface area contributed by atoms with Crippen molar-refractivity contribution in [3.05, 3.63) is 87.0 Å². The predicted molar refractivity (Wildman–Crippen MR) is 134 cm³/mol. The van der Waals surface area contributed by atoms with Gasteiger partial charge in [0, 0.05) is 18.5 Å². The van der Waals surface area contributed by atoms with Crippen molar-refractivity contribution in [3.8, 4) is 11.1 Å². The number of nitrogens with zero attached hydrogens (tertiary/aromatic N) is 3. The van der Waals surface area contributed by atoms with Crippen LogP contribution in [0.25, 0.3) is 11.1 Å². The molecule has 0 amide bonds. The van der Waals surface area contributed by atoms with Crippen LogP contribution in [0.4, 0.5) is 13.2 Å². The number of phosphoric ester groups is 1. The van der Waals surface area contributed by atoms with Gasteiger partial charge in [-0.15, -0.1) is 0 Å². The highest BCUT2D eigenvalue weighted by molar-refractivity contribution is 7.60. The summed E-state index contributed by atoms with van der Waals surface area (Å²) in [6.07, 6.45) is -9.10. The third-order valence-corrected chi connectivity index (χ3v) is 8.15. The fourth-order valence-corrected chi connectivity index (χ4v) is 5.65. The van der Waals surface area contributed by atoms with Crippen LogP contribution in [0.5, 0.6) is 0 Å². The standard InChI is InChI=1S/C22H22F3N3O12P2/c23-22(24,25)14-3-1-12(2-4-14)13-5-7-26-15(9-13)10-28-17(29)6-8-27(21(28)32)20-19(31)18(30)16(39-20)11-38-42(36,37)40-41(33,34)35/h1-9,16,18-20,30-31H,10-11H2,(H,36,37)(H2,33,34,35)/t16-,18?,19?,20-/m1/s1. The molecule has 1 aliphatic heterocycles. The molecule has 1 aliphatic rings. The molecule has 15 nitrogen and oxygen atoms in total. The molecule has 0 radical (unpaired) electrons. The second-order valence-electron chi connectivity index (χ2n) is 8.92. The van der Waals surface area contributed by atoms with Gasteiger partial charge in [-0.2, -0.15) is 17.5 Å². The first kappa shape index (κ1) is 31.9. The van der Waals surface area contributed by atoms with Gasteiger partial charge in [-0.3, -0.25) is 23.4 Å². The average Bonchev–Trinajstić information content (AvgIpc) is 3.17. The van der Waals surface area contributed by atoms with E-state index in [1.807, 2.05) is 0 Å². The van der Waals surface area contributed by atoms with Crippen LogP contribution in [-0.2, 0) is 35.4 Å². The number of ether oxygens (including phenoxy) is 1. The second kappa shape index (κ2) is 11.9. The number of alkyl halides is 3. The molecule has 5 atom stereocenters. The third-order valence-electron chi connectivity index (χ3n) is 6.00. The Morgan fingerprint density at radius 1 is 0.976 bits per heavy atom. The fourth-order valence-electron chi connectivity index (χ4n) is 4.05. The van der Waals surface area contributed by atoms with Crippen LogP contribution < -0.4 is 11.2 Å². The van der Waals surface area contributed by atoms with Gasteiger partial charge in [0.2, 0.25) is 0 Å². The molecule has 0 saturated carbocycles. The molecule has 1 fully saturated rings. The smallest absolute Gasteiger partial charge is 0.387 e. The summed E-state index contributed by atoms with van der Waals surface area (Å²) in [5.41, 5.74) is -1.63. The van der Waals surface area contributed by atoms with E-state index in [1.54, 1.807) is 0 Å². The lowest BCUT2D eigenvalue weighted by molar-refractivity contribution is -0.137. The predicted octanol–water partition coefficient (Wildman–Crippen LogP) is 0.985. The van der Waals surface area contributed by atoms with Gasteiger partial charge in [-0.05, 0) is 35.4 Å². The topological polar surface area (TPSA) is 220 Å². The summed E-state index contributed by atoms with van der Waals surface area (Å²) in [5.74, 6) is 0. The third kappa shape index (κ3) is 7.48. The molecule has 3 heterocycles. The maximum absolute atomic E-state index is 13.2. The zero-order valence-electron chi connectivity index (χ0n) is 20.9. The van der Waals surface area contributed by atoms with Crippen LogP contribution in [0.3, 0.4) is 0 Å². The van der Waals surface area contributed by atoms with E-state index in [0.29, 0.717) is 15.7 Å². The summed E-state index contributed by atoms with van der Waals surface area (Å²) in [6, 6.07) is 8.23. The number of aliphatic hydroxyl groups excluding tert-OH is 2. The van der Waals surface area contributed by atoms with E-state index < -0.39 is 76.3 Å². The zero-order valence-corrected chi connectivity index (χ0v) is 22.7. The normalized spacial score (nSPS) is 22.7. The summed E-state index contributed by atoms with van der Waals surface area (Å²) in [6.45, 7) is -1.41. The van der Waals surface area contributed by atoms with Crippen LogP contribution in [-0.4, -0.2) is 63.9 Å².